The Balaban J connectivity index is 0.966. The molecule has 0 fully saturated rings. The van der Waals surface area contributed by atoms with Gasteiger partial charge >= 0.3 is 0 Å². The van der Waals surface area contributed by atoms with Crippen LogP contribution >= 0.6 is 0 Å². The molecule has 0 unspecified atom stereocenters. The highest BCUT2D eigenvalue weighted by Gasteiger charge is 2.51. The lowest BCUT2D eigenvalue weighted by molar-refractivity contribution is 0.793. The van der Waals surface area contributed by atoms with Gasteiger partial charge in [0, 0.05) is 0 Å². The molecule has 2 heteroatoms. The van der Waals surface area contributed by atoms with Gasteiger partial charge in [-0.2, -0.15) is 0 Å². The summed E-state index contributed by atoms with van der Waals surface area (Å²) in [5, 5.41) is 6.19. The standard InChI is InChI=1S/C57H44Si2/c1-58(2)53-19-11-7-15-45(53)47-33-37(27-31-55(47)58)21-23-39-25-29-43-44-30-26-40(24-22-38-28-32-56-48(34-38)46-16-8-12-20-54(46)59(56,3)4)36-52(44)57(51(43)35-39)49-17-9-5-13-41(49)42-14-6-10-18-50(42)57/h5-36H,1-4H3/b23-21+,24-22+. The monoisotopic (exact) mass is 784 g/mol. The smallest absolute Gasteiger partial charge is 0.0623 e. The Morgan fingerprint density at radius 1 is 0.288 bits per heavy atom. The van der Waals surface area contributed by atoms with Crippen molar-refractivity contribution in [3.05, 3.63) is 214 Å². The van der Waals surface area contributed by atoms with Crippen LogP contribution in [0.25, 0.3) is 68.8 Å². The third-order valence-corrected chi connectivity index (χ3v) is 21.4. The molecule has 59 heavy (non-hydrogen) atoms. The first kappa shape index (κ1) is 34.7. The minimum absolute atomic E-state index is 0.410. The highest BCUT2D eigenvalue weighted by molar-refractivity contribution is 7.04. The fourth-order valence-corrected chi connectivity index (χ4v) is 17.6. The van der Waals surface area contributed by atoms with Crippen molar-refractivity contribution in [1.82, 2.24) is 0 Å². The molecule has 12 rings (SSSR count). The summed E-state index contributed by atoms with van der Waals surface area (Å²) in [4.78, 5) is 0. The molecule has 8 aromatic rings. The molecule has 0 saturated heterocycles. The van der Waals surface area contributed by atoms with E-state index in [0.717, 1.165) is 0 Å². The van der Waals surface area contributed by atoms with E-state index in [4.69, 9.17) is 0 Å². The Hall–Kier alpha value is -6.33. The SMILES string of the molecule is C[Si]1(C)c2ccccc2-c2cc(/C=C/c3ccc4c(c3)C3(c5ccccc5-c5ccccc53)c3cc(/C=C/c5ccc6c(c5)-c5ccccc5[Si]6(C)C)ccc3-4)ccc21. The summed E-state index contributed by atoms with van der Waals surface area (Å²) in [6.45, 7) is 9.94. The number of rotatable bonds is 4. The molecule has 2 aliphatic carbocycles. The van der Waals surface area contributed by atoms with Crippen molar-refractivity contribution in [2.75, 3.05) is 0 Å². The van der Waals surface area contributed by atoms with Crippen LogP contribution in [0.4, 0.5) is 0 Å². The van der Waals surface area contributed by atoms with Gasteiger partial charge in [0.1, 0.15) is 16.1 Å². The lowest BCUT2D eigenvalue weighted by Gasteiger charge is -2.30. The molecule has 280 valence electrons. The normalized spacial score (nSPS) is 16.1. The van der Waals surface area contributed by atoms with Crippen molar-refractivity contribution in [2.45, 2.75) is 31.6 Å². The van der Waals surface area contributed by atoms with Gasteiger partial charge in [-0.05, 0) is 134 Å². The highest BCUT2D eigenvalue weighted by atomic mass is 28.3. The van der Waals surface area contributed by atoms with Gasteiger partial charge in [0.25, 0.3) is 0 Å². The summed E-state index contributed by atoms with van der Waals surface area (Å²) < 4.78 is 0. The van der Waals surface area contributed by atoms with Crippen LogP contribution in [0.5, 0.6) is 0 Å². The number of hydrogen-bond donors (Lipinski definition) is 0. The summed E-state index contributed by atoms with van der Waals surface area (Å²) in [5.41, 5.74) is 21.0. The van der Waals surface area contributed by atoms with Crippen LogP contribution in [0.2, 0.25) is 26.2 Å². The molecular weight excluding hydrogens is 741 g/mol. The van der Waals surface area contributed by atoms with E-state index >= 15 is 0 Å². The van der Waals surface area contributed by atoms with E-state index in [-0.39, 0.29) is 0 Å². The van der Waals surface area contributed by atoms with E-state index < -0.39 is 21.6 Å². The van der Waals surface area contributed by atoms with Gasteiger partial charge in [0.05, 0.1) is 5.41 Å². The maximum absolute atomic E-state index is 2.49. The molecule has 0 N–H and O–H groups in total. The third-order valence-electron chi connectivity index (χ3n) is 14.3. The second kappa shape index (κ2) is 12.3. The molecule has 0 amide bonds. The summed E-state index contributed by atoms with van der Waals surface area (Å²) in [5.74, 6) is 0. The van der Waals surface area contributed by atoms with Crippen molar-refractivity contribution in [2.24, 2.45) is 0 Å². The van der Waals surface area contributed by atoms with Crippen LogP contribution in [0.3, 0.4) is 0 Å². The zero-order valence-corrected chi connectivity index (χ0v) is 36.0. The van der Waals surface area contributed by atoms with E-state index in [0.29, 0.717) is 0 Å². The second-order valence-electron chi connectivity index (χ2n) is 18.1. The third kappa shape index (κ3) is 4.76. The predicted molar refractivity (Wildman–Crippen MR) is 258 cm³/mol. The first-order valence-electron chi connectivity index (χ1n) is 21.1. The molecule has 2 aliphatic heterocycles. The van der Waals surface area contributed by atoms with Crippen molar-refractivity contribution >= 4 is 61.2 Å². The number of benzene rings is 8. The maximum Gasteiger partial charge on any atom is 0.113 e. The molecule has 8 aromatic carbocycles. The topological polar surface area (TPSA) is 0 Å². The van der Waals surface area contributed by atoms with Crippen LogP contribution in [-0.2, 0) is 5.41 Å². The van der Waals surface area contributed by atoms with Crippen molar-refractivity contribution < 1.29 is 0 Å². The number of fused-ring (bicyclic) bond motifs is 16. The van der Waals surface area contributed by atoms with E-state index in [9.17, 15) is 0 Å². The van der Waals surface area contributed by atoms with Crippen LogP contribution < -0.4 is 20.7 Å². The Labute approximate surface area is 349 Å². The van der Waals surface area contributed by atoms with Gasteiger partial charge in [0.15, 0.2) is 0 Å². The quantitative estimate of drug-likeness (QED) is 0.123. The van der Waals surface area contributed by atoms with Crippen molar-refractivity contribution in [3.63, 3.8) is 0 Å². The van der Waals surface area contributed by atoms with Crippen LogP contribution in [0.1, 0.15) is 44.5 Å². The average molecular weight is 785 g/mol. The lowest BCUT2D eigenvalue weighted by Crippen LogP contribution is -2.49. The fraction of sp³-hybridized carbons (Fsp3) is 0.0877. The molecule has 0 radical (unpaired) electrons. The molecule has 4 aliphatic rings. The lowest BCUT2D eigenvalue weighted by atomic mass is 9.70. The second-order valence-corrected chi connectivity index (χ2v) is 26.7. The van der Waals surface area contributed by atoms with Gasteiger partial charge in [-0.25, -0.2) is 0 Å². The fourth-order valence-electron chi connectivity index (χ4n) is 11.4. The number of hydrogen-bond acceptors (Lipinski definition) is 0. The van der Waals surface area contributed by atoms with E-state index in [1.54, 1.807) is 20.7 Å². The van der Waals surface area contributed by atoms with Gasteiger partial charge in [0.2, 0.25) is 0 Å². The minimum Gasteiger partial charge on any atom is -0.0623 e. The Bertz CT molecular complexity index is 2960. The Morgan fingerprint density at radius 2 is 0.610 bits per heavy atom. The van der Waals surface area contributed by atoms with Gasteiger partial charge < -0.3 is 0 Å². The molecule has 0 aromatic heterocycles. The molecule has 0 nitrogen and oxygen atoms in total. The Kier molecular flexibility index (Phi) is 7.26. The van der Waals surface area contributed by atoms with Crippen LogP contribution in [0.15, 0.2) is 170 Å². The van der Waals surface area contributed by atoms with Gasteiger partial charge in [-0.1, -0.05) is 196 Å². The van der Waals surface area contributed by atoms with Crippen LogP contribution in [0, 0.1) is 0 Å². The predicted octanol–water partition coefficient (Wildman–Crippen LogP) is 12.0. The maximum atomic E-state index is 2.49. The molecule has 1 spiro atoms. The largest absolute Gasteiger partial charge is 0.113 e. The summed E-state index contributed by atoms with van der Waals surface area (Å²) >= 11 is 0. The summed E-state index contributed by atoms with van der Waals surface area (Å²) in [6, 6.07) is 65.0. The molecule has 2 heterocycles. The first-order valence-corrected chi connectivity index (χ1v) is 27.1. The average Bonchev–Trinajstić information content (AvgIpc) is 3.89. The van der Waals surface area contributed by atoms with Crippen molar-refractivity contribution in [1.29, 1.82) is 0 Å². The summed E-state index contributed by atoms with van der Waals surface area (Å²) in [7, 11) is -3.37. The summed E-state index contributed by atoms with van der Waals surface area (Å²) in [6.07, 6.45) is 9.27. The first-order chi connectivity index (χ1) is 28.7. The van der Waals surface area contributed by atoms with E-state index in [2.05, 4.69) is 220 Å². The molecular formula is C57H44Si2. The minimum atomic E-state index is -1.69. The highest BCUT2D eigenvalue weighted by Crippen LogP contribution is 2.63. The van der Waals surface area contributed by atoms with Gasteiger partial charge in [-0.3, -0.25) is 0 Å². The van der Waals surface area contributed by atoms with Gasteiger partial charge in [-0.15, -0.1) is 0 Å². The van der Waals surface area contributed by atoms with Crippen LogP contribution in [-0.4, -0.2) is 16.1 Å². The zero-order valence-electron chi connectivity index (χ0n) is 34.0. The van der Waals surface area contributed by atoms with Crippen molar-refractivity contribution in [3.8, 4) is 44.5 Å². The molecule has 0 saturated carbocycles. The Morgan fingerprint density at radius 3 is 1.05 bits per heavy atom. The van der Waals surface area contributed by atoms with E-state index in [1.807, 2.05) is 0 Å². The zero-order chi connectivity index (χ0) is 39.7. The molecule has 0 atom stereocenters. The molecule has 0 bridgehead atoms. The van der Waals surface area contributed by atoms with E-state index in [1.165, 1.54) is 89.0 Å².